The summed E-state index contributed by atoms with van der Waals surface area (Å²) < 4.78 is 0. The SMILES string of the molecule is CCCNC1CCC(Cc2cccc3ccccc23)C1. The Bertz CT molecular complexity index is 555. The van der Waals surface area contributed by atoms with E-state index < -0.39 is 0 Å². The van der Waals surface area contributed by atoms with Gasteiger partial charge in [-0.25, -0.2) is 0 Å². The zero-order valence-corrected chi connectivity index (χ0v) is 12.4. The Hall–Kier alpha value is -1.34. The Labute approximate surface area is 122 Å². The van der Waals surface area contributed by atoms with Crippen LogP contribution in [0.5, 0.6) is 0 Å². The van der Waals surface area contributed by atoms with Gasteiger partial charge in [0.1, 0.15) is 0 Å². The zero-order valence-electron chi connectivity index (χ0n) is 12.4. The summed E-state index contributed by atoms with van der Waals surface area (Å²) in [5, 5.41) is 6.51. The molecule has 0 amide bonds. The van der Waals surface area contributed by atoms with Gasteiger partial charge in [0, 0.05) is 6.04 Å². The van der Waals surface area contributed by atoms with Crippen LogP contribution in [0.25, 0.3) is 10.8 Å². The molecular formula is C19H25N. The average Bonchev–Trinajstić information content (AvgIpc) is 2.93. The van der Waals surface area contributed by atoms with E-state index in [9.17, 15) is 0 Å². The van der Waals surface area contributed by atoms with E-state index in [0.717, 1.165) is 12.0 Å². The maximum Gasteiger partial charge on any atom is 0.00699 e. The summed E-state index contributed by atoms with van der Waals surface area (Å²) in [4.78, 5) is 0. The second-order valence-electron chi connectivity index (χ2n) is 6.17. The Kier molecular flexibility index (Phi) is 4.37. The molecule has 0 aliphatic heterocycles. The summed E-state index contributed by atoms with van der Waals surface area (Å²) >= 11 is 0. The molecule has 0 saturated heterocycles. The number of rotatable bonds is 5. The predicted molar refractivity (Wildman–Crippen MR) is 87.1 cm³/mol. The van der Waals surface area contributed by atoms with Gasteiger partial charge in [-0.3, -0.25) is 0 Å². The second kappa shape index (κ2) is 6.41. The fraction of sp³-hybridized carbons (Fsp3) is 0.474. The first-order valence-electron chi connectivity index (χ1n) is 8.07. The Morgan fingerprint density at radius 2 is 1.90 bits per heavy atom. The molecule has 20 heavy (non-hydrogen) atoms. The molecular weight excluding hydrogens is 242 g/mol. The molecule has 1 heteroatoms. The van der Waals surface area contributed by atoms with Crippen LogP contribution in [0.4, 0.5) is 0 Å². The fourth-order valence-corrected chi connectivity index (χ4v) is 3.58. The quantitative estimate of drug-likeness (QED) is 0.838. The van der Waals surface area contributed by atoms with Gasteiger partial charge in [-0.1, -0.05) is 49.4 Å². The van der Waals surface area contributed by atoms with Gasteiger partial charge in [-0.05, 0) is 60.9 Å². The van der Waals surface area contributed by atoms with Gasteiger partial charge in [0.2, 0.25) is 0 Å². The van der Waals surface area contributed by atoms with Crippen LogP contribution in [-0.2, 0) is 6.42 Å². The average molecular weight is 267 g/mol. The lowest BCUT2D eigenvalue weighted by Crippen LogP contribution is -2.27. The highest BCUT2D eigenvalue weighted by Crippen LogP contribution is 2.31. The standard InChI is InChI=1S/C19H25N/c1-2-12-20-18-11-10-15(14-18)13-17-8-5-7-16-6-3-4-9-19(16)17/h3-9,15,18,20H,2,10-14H2,1H3. The molecule has 106 valence electrons. The molecule has 0 heterocycles. The summed E-state index contributed by atoms with van der Waals surface area (Å²) in [6.07, 6.45) is 6.57. The maximum absolute atomic E-state index is 3.68. The molecule has 2 atom stereocenters. The van der Waals surface area contributed by atoms with Crippen LogP contribution in [0.2, 0.25) is 0 Å². The van der Waals surface area contributed by atoms with E-state index in [0.29, 0.717) is 0 Å². The van der Waals surface area contributed by atoms with Crippen molar-refractivity contribution in [3.8, 4) is 0 Å². The van der Waals surface area contributed by atoms with E-state index in [2.05, 4.69) is 54.7 Å². The zero-order chi connectivity index (χ0) is 13.8. The van der Waals surface area contributed by atoms with Crippen LogP contribution in [-0.4, -0.2) is 12.6 Å². The minimum Gasteiger partial charge on any atom is -0.314 e. The monoisotopic (exact) mass is 267 g/mol. The van der Waals surface area contributed by atoms with Crippen molar-refractivity contribution >= 4 is 10.8 Å². The Morgan fingerprint density at radius 3 is 2.80 bits per heavy atom. The first-order chi connectivity index (χ1) is 9.86. The number of fused-ring (bicyclic) bond motifs is 1. The lowest BCUT2D eigenvalue weighted by molar-refractivity contribution is 0.485. The van der Waals surface area contributed by atoms with E-state index in [-0.39, 0.29) is 0 Å². The van der Waals surface area contributed by atoms with Crippen molar-refractivity contribution in [2.45, 2.75) is 45.1 Å². The molecule has 2 aromatic rings. The third-order valence-electron chi connectivity index (χ3n) is 4.61. The summed E-state index contributed by atoms with van der Waals surface area (Å²) in [7, 11) is 0. The van der Waals surface area contributed by atoms with Gasteiger partial charge in [0.25, 0.3) is 0 Å². The van der Waals surface area contributed by atoms with Crippen molar-refractivity contribution in [1.82, 2.24) is 5.32 Å². The fourth-order valence-electron chi connectivity index (χ4n) is 3.58. The van der Waals surface area contributed by atoms with E-state index in [1.165, 1.54) is 55.0 Å². The van der Waals surface area contributed by atoms with Crippen molar-refractivity contribution in [3.63, 3.8) is 0 Å². The topological polar surface area (TPSA) is 12.0 Å². The molecule has 2 aromatic carbocycles. The van der Waals surface area contributed by atoms with Crippen molar-refractivity contribution in [2.75, 3.05) is 6.54 Å². The minimum absolute atomic E-state index is 0.759. The van der Waals surface area contributed by atoms with Crippen LogP contribution in [0.15, 0.2) is 42.5 Å². The summed E-state index contributed by atoms with van der Waals surface area (Å²) in [5.41, 5.74) is 1.53. The van der Waals surface area contributed by atoms with Gasteiger partial charge in [-0.2, -0.15) is 0 Å². The third-order valence-corrected chi connectivity index (χ3v) is 4.61. The minimum atomic E-state index is 0.759. The van der Waals surface area contributed by atoms with Crippen LogP contribution < -0.4 is 5.32 Å². The molecule has 1 aliphatic carbocycles. The van der Waals surface area contributed by atoms with Crippen LogP contribution >= 0.6 is 0 Å². The Morgan fingerprint density at radius 1 is 1.05 bits per heavy atom. The van der Waals surface area contributed by atoms with Crippen LogP contribution in [0.3, 0.4) is 0 Å². The van der Waals surface area contributed by atoms with Crippen molar-refractivity contribution in [2.24, 2.45) is 5.92 Å². The van der Waals surface area contributed by atoms with Gasteiger partial charge >= 0.3 is 0 Å². The van der Waals surface area contributed by atoms with Crippen molar-refractivity contribution in [1.29, 1.82) is 0 Å². The molecule has 1 aliphatic rings. The highest BCUT2D eigenvalue weighted by Gasteiger charge is 2.24. The maximum atomic E-state index is 3.68. The van der Waals surface area contributed by atoms with Gasteiger partial charge in [0.05, 0.1) is 0 Å². The first kappa shape index (κ1) is 13.6. The molecule has 1 nitrogen and oxygen atoms in total. The molecule has 1 N–H and O–H groups in total. The molecule has 0 aromatic heterocycles. The van der Waals surface area contributed by atoms with Crippen LogP contribution in [0, 0.1) is 5.92 Å². The lowest BCUT2D eigenvalue weighted by atomic mass is 9.94. The highest BCUT2D eigenvalue weighted by molar-refractivity contribution is 5.85. The second-order valence-corrected chi connectivity index (χ2v) is 6.17. The Balaban J connectivity index is 1.68. The summed E-state index contributed by atoms with van der Waals surface area (Å²) in [5.74, 6) is 0.857. The van der Waals surface area contributed by atoms with Gasteiger partial charge < -0.3 is 5.32 Å². The summed E-state index contributed by atoms with van der Waals surface area (Å²) in [6.45, 7) is 3.42. The number of hydrogen-bond donors (Lipinski definition) is 1. The van der Waals surface area contributed by atoms with Crippen molar-refractivity contribution < 1.29 is 0 Å². The predicted octanol–water partition coefficient (Wildman–Crippen LogP) is 4.55. The molecule has 0 radical (unpaired) electrons. The number of benzene rings is 2. The third kappa shape index (κ3) is 3.04. The van der Waals surface area contributed by atoms with Crippen LogP contribution in [0.1, 0.15) is 38.2 Å². The largest absolute Gasteiger partial charge is 0.314 e. The normalized spacial score (nSPS) is 22.4. The molecule has 0 bridgehead atoms. The van der Waals surface area contributed by atoms with E-state index in [4.69, 9.17) is 0 Å². The number of hydrogen-bond acceptors (Lipinski definition) is 1. The highest BCUT2D eigenvalue weighted by atomic mass is 14.9. The van der Waals surface area contributed by atoms with E-state index in [1.807, 2.05) is 0 Å². The molecule has 2 unspecified atom stereocenters. The molecule has 3 rings (SSSR count). The lowest BCUT2D eigenvalue weighted by Gasteiger charge is -2.14. The molecule has 1 fully saturated rings. The summed E-state index contributed by atoms with van der Waals surface area (Å²) in [6, 6.07) is 16.3. The molecule has 1 saturated carbocycles. The first-order valence-corrected chi connectivity index (χ1v) is 8.07. The van der Waals surface area contributed by atoms with E-state index >= 15 is 0 Å². The van der Waals surface area contributed by atoms with Gasteiger partial charge in [0.15, 0.2) is 0 Å². The number of nitrogens with one attached hydrogen (secondary N) is 1. The van der Waals surface area contributed by atoms with E-state index in [1.54, 1.807) is 0 Å². The van der Waals surface area contributed by atoms with Crippen molar-refractivity contribution in [3.05, 3.63) is 48.0 Å². The smallest absolute Gasteiger partial charge is 0.00699 e. The van der Waals surface area contributed by atoms with Gasteiger partial charge in [-0.15, -0.1) is 0 Å². The molecule has 0 spiro atoms.